The van der Waals surface area contributed by atoms with Gasteiger partial charge in [-0.05, 0) is 56.4 Å². The van der Waals surface area contributed by atoms with Crippen LogP contribution in [0.4, 0.5) is 11.5 Å². The number of aromatic nitrogens is 2. The summed E-state index contributed by atoms with van der Waals surface area (Å²) >= 11 is 0. The van der Waals surface area contributed by atoms with Crippen LogP contribution in [-0.2, 0) is 17.8 Å². The highest BCUT2D eigenvalue weighted by atomic mass is 16.5. The number of likely N-dealkylation sites (tertiary alicyclic amines) is 1. The van der Waals surface area contributed by atoms with Crippen molar-refractivity contribution in [2.75, 3.05) is 62.7 Å². The third-order valence-electron chi connectivity index (χ3n) is 8.98. The Balaban J connectivity index is 1.35. The first-order valence-corrected chi connectivity index (χ1v) is 14.9. The van der Waals surface area contributed by atoms with Gasteiger partial charge in [0.2, 0.25) is 12.5 Å². The van der Waals surface area contributed by atoms with Crippen LogP contribution in [0.25, 0.3) is 15.6 Å². The number of ether oxygens (including phenoxy) is 1. The maximum atomic E-state index is 12.5. The first-order chi connectivity index (χ1) is 21.0. The minimum Gasteiger partial charge on any atom is -0.462 e. The number of hydrogen-bond donors (Lipinski definition) is 0. The monoisotopic (exact) mass is 576 g/mol. The standard InChI is InChI=1S/C33H36N8O2/c1-4-30(42)41-17-16-40(20-26(41)19-35-2)32-27-13-15-39(29-12-6-9-23-8-5-10-24(18-34)31(23)29)21-28(27)36-33(37-32)43-22-25-11-7-14-38(25)3/h4-6,8-10,12,25-26H,1,7,11,13-17,19-22H2,3H3. The molecule has 4 heterocycles. The summed E-state index contributed by atoms with van der Waals surface area (Å²) in [6.45, 7) is 15.9. The predicted octanol–water partition coefficient (Wildman–Crippen LogP) is 3.66. The van der Waals surface area contributed by atoms with Crippen molar-refractivity contribution in [1.82, 2.24) is 19.8 Å². The van der Waals surface area contributed by atoms with E-state index in [0.717, 1.165) is 65.9 Å². The molecule has 220 valence electrons. The molecule has 2 atom stereocenters. The van der Waals surface area contributed by atoms with E-state index in [2.05, 4.69) is 45.3 Å². The topological polar surface area (TPSA) is 93.2 Å². The number of anilines is 2. The van der Waals surface area contributed by atoms with E-state index in [1.807, 2.05) is 30.3 Å². The van der Waals surface area contributed by atoms with Gasteiger partial charge >= 0.3 is 6.01 Å². The van der Waals surface area contributed by atoms with Crippen LogP contribution in [0.15, 0.2) is 49.1 Å². The molecule has 1 amide bonds. The van der Waals surface area contributed by atoms with E-state index in [1.54, 1.807) is 4.90 Å². The van der Waals surface area contributed by atoms with Crippen LogP contribution >= 0.6 is 0 Å². The number of likely N-dealkylation sites (N-methyl/N-ethyl adjacent to an activating group) is 1. The SMILES string of the molecule is [C-]#[N+]CC1CN(c2nc(OCC3CCCN3C)nc3c2CCN(c2cccc4cccc(C#N)c24)C3)CCN1C(=O)C=C. The molecular formula is C33H36N8O2. The average Bonchev–Trinajstić information content (AvgIpc) is 3.46. The Labute approximate surface area is 252 Å². The summed E-state index contributed by atoms with van der Waals surface area (Å²) in [6.07, 6.45) is 4.29. The van der Waals surface area contributed by atoms with Crippen molar-refractivity contribution < 1.29 is 9.53 Å². The molecule has 0 N–H and O–H groups in total. The van der Waals surface area contributed by atoms with Gasteiger partial charge in [0.25, 0.3) is 0 Å². The highest BCUT2D eigenvalue weighted by Crippen LogP contribution is 2.36. The fraction of sp³-hybridized carbons (Fsp3) is 0.424. The number of piperazine rings is 1. The van der Waals surface area contributed by atoms with E-state index < -0.39 is 0 Å². The minimum atomic E-state index is -0.251. The lowest BCUT2D eigenvalue weighted by Crippen LogP contribution is -2.56. The first-order valence-electron chi connectivity index (χ1n) is 14.9. The van der Waals surface area contributed by atoms with Gasteiger partial charge in [0.1, 0.15) is 18.5 Å². The molecule has 3 aliphatic heterocycles. The Kier molecular flexibility index (Phi) is 8.13. The molecule has 10 nitrogen and oxygen atoms in total. The molecule has 0 saturated carbocycles. The third-order valence-corrected chi connectivity index (χ3v) is 8.98. The number of nitriles is 1. The Morgan fingerprint density at radius 2 is 2.00 bits per heavy atom. The lowest BCUT2D eigenvalue weighted by atomic mass is 9.99. The summed E-state index contributed by atoms with van der Waals surface area (Å²) in [5.41, 5.74) is 3.66. The molecule has 0 spiro atoms. The Hall–Kier alpha value is -4.67. The number of benzene rings is 2. The highest BCUT2D eigenvalue weighted by molar-refractivity contribution is 5.98. The Bertz CT molecular complexity index is 1620. The molecule has 43 heavy (non-hydrogen) atoms. The van der Waals surface area contributed by atoms with Crippen molar-refractivity contribution in [1.29, 1.82) is 5.26 Å². The van der Waals surface area contributed by atoms with Gasteiger partial charge in [-0.25, -0.2) is 6.57 Å². The molecule has 2 aromatic carbocycles. The molecule has 0 radical (unpaired) electrons. The summed E-state index contributed by atoms with van der Waals surface area (Å²) in [5, 5.41) is 11.9. The summed E-state index contributed by atoms with van der Waals surface area (Å²) in [4.78, 5) is 34.6. The lowest BCUT2D eigenvalue weighted by molar-refractivity contribution is -0.128. The van der Waals surface area contributed by atoms with Crippen LogP contribution in [-0.4, -0.2) is 90.7 Å². The van der Waals surface area contributed by atoms with E-state index in [9.17, 15) is 10.1 Å². The van der Waals surface area contributed by atoms with Gasteiger partial charge in [-0.15, -0.1) is 0 Å². The first kappa shape index (κ1) is 28.4. The number of amides is 1. The minimum absolute atomic E-state index is 0.148. The molecule has 2 saturated heterocycles. The van der Waals surface area contributed by atoms with Crippen molar-refractivity contribution in [3.63, 3.8) is 0 Å². The summed E-state index contributed by atoms with van der Waals surface area (Å²) in [5.74, 6) is 0.681. The maximum Gasteiger partial charge on any atom is 0.318 e. The molecule has 10 heteroatoms. The predicted molar refractivity (Wildman–Crippen MR) is 166 cm³/mol. The van der Waals surface area contributed by atoms with Crippen molar-refractivity contribution in [3.05, 3.63) is 77.3 Å². The molecule has 3 aliphatic rings. The second-order valence-electron chi connectivity index (χ2n) is 11.5. The lowest BCUT2D eigenvalue weighted by Gasteiger charge is -2.41. The van der Waals surface area contributed by atoms with Crippen LogP contribution in [0.2, 0.25) is 0 Å². The van der Waals surface area contributed by atoms with Gasteiger partial charge in [-0.2, -0.15) is 15.2 Å². The number of rotatable bonds is 7. The number of fused-ring (bicyclic) bond motifs is 2. The summed E-state index contributed by atoms with van der Waals surface area (Å²) in [7, 11) is 2.12. The zero-order chi connectivity index (χ0) is 29.9. The molecule has 2 fully saturated rings. The molecule has 1 aromatic heterocycles. The van der Waals surface area contributed by atoms with E-state index in [0.29, 0.717) is 50.4 Å². The second kappa shape index (κ2) is 12.3. The fourth-order valence-corrected chi connectivity index (χ4v) is 6.68. The molecular weight excluding hydrogens is 540 g/mol. The van der Waals surface area contributed by atoms with Crippen LogP contribution in [0.5, 0.6) is 6.01 Å². The average molecular weight is 577 g/mol. The highest BCUT2D eigenvalue weighted by Gasteiger charge is 2.35. The number of carbonyl (C=O) groups excluding carboxylic acids is 1. The van der Waals surface area contributed by atoms with E-state index in [4.69, 9.17) is 21.3 Å². The van der Waals surface area contributed by atoms with Crippen LogP contribution < -0.4 is 14.5 Å². The third kappa shape index (κ3) is 5.59. The molecule has 3 aromatic rings. The van der Waals surface area contributed by atoms with Crippen LogP contribution in [0, 0.1) is 17.9 Å². The molecule has 0 bridgehead atoms. The van der Waals surface area contributed by atoms with Gasteiger partial charge in [0.05, 0.1) is 23.9 Å². The zero-order valence-corrected chi connectivity index (χ0v) is 24.6. The second-order valence-corrected chi connectivity index (χ2v) is 11.5. The zero-order valence-electron chi connectivity index (χ0n) is 24.6. The van der Waals surface area contributed by atoms with Gasteiger partial charge in [0.15, 0.2) is 0 Å². The summed E-state index contributed by atoms with van der Waals surface area (Å²) < 4.78 is 6.28. The van der Waals surface area contributed by atoms with Crippen LogP contribution in [0.3, 0.4) is 0 Å². The normalized spacial score (nSPS) is 20.4. The van der Waals surface area contributed by atoms with Crippen molar-refractivity contribution in [2.45, 2.75) is 37.9 Å². The van der Waals surface area contributed by atoms with E-state index in [-0.39, 0.29) is 18.5 Å². The summed E-state index contributed by atoms with van der Waals surface area (Å²) in [6, 6.07) is 14.8. The van der Waals surface area contributed by atoms with Crippen molar-refractivity contribution in [2.24, 2.45) is 0 Å². The number of nitrogens with zero attached hydrogens (tertiary/aromatic N) is 8. The van der Waals surface area contributed by atoms with Gasteiger partial charge in [-0.3, -0.25) is 4.79 Å². The largest absolute Gasteiger partial charge is 0.462 e. The smallest absolute Gasteiger partial charge is 0.318 e. The van der Waals surface area contributed by atoms with Gasteiger partial charge in [0, 0.05) is 48.9 Å². The number of carbonyl (C=O) groups is 1. The van der Waals surface area contributed by atoms with Gasteiger partial charge in [-0.1, -0.05) is 30.8 Å². The fourth-order valence-electron chi connectivity index (χ4n) is 6.68. The maximum absolute atomic E-state index is 12.5. The Morgan fingerprint density at radius 1 is 1.16 bits per heavy atom. The van der Waals surface area contributed by atoms with E-state index in [1.165, 1.54) is 6.08 Å². The molecule has 6 rings (SSSR count). The van der Waals surface area contributed by atoms with Crippen LogP contribution in [0.1, 0.15) is 29.7 Å². The Morgan fingerprint density at radius 3 is 2.74 bits per heavy atom. The van der Waals surface area contributed by atoms with Crippen molar-refractivity contribution >= 4 is 28.2 Å². The van der Waals surface area contributed by atoms with Crippen molar-refractivity contribution in [3.8, 4) is 12.1 Å². The quantitative estimate of drug-likeness (QED) is 0.311. The van der Waals surface area contributed by atoms with Gasteiger partial charge < -0.3 is 29.2 Å². The number of hydrogen-bond acceptors (Lipinski definition) is 8. The van der Waals surface area contributed by atoms with E-state index >= 15 is 0 Å². The molecule has 2 unspecified atom stereocenters. The molecule has 0 aliphatic carbocycles.